The fourth-order valence-electron chi connectivity index (χ4n) is 7.37. The second-order valence-corrected chi connectivity index (χ2v) is 16.4. The van der Waals surface area contributed by atoms with Gasteiger partial charge in [0.2, 0.25) is 0 Å². The van der Waals surface area contributed by atoms with Crippen molar-refractivity contribution in [2.24, 2.45) is 5.92 Å². The first kappa shape index (κ1) is 55.1. The van der Waals surface area contributed by atoms with E-state index >= 15 is 0 Å². The van der Waals surface area contributed by atoms with Crippen LogP contribution in [-0.2, 0) is 28.5 Å². The van der Waals surface area contributed by atoms with Crippen molar-refractivity contribution < 1.29 is 33.3 Å². The molecule has 0 aliphatic rings. The fraction of sp³-hybridized carbons (Fsp3) is 0.938. The molecule has 0 aromatic heterocycles. The number of likely N-dealkylation sites (N-methyl/N-ethyl adjacent to an activating group) is 1. The highest BCUT2D eigenvalue weighted by Crippen LogP contribution is 2.21. The molecule has 0 amide bonds. The van der Waals surface area contributed by atoms with E-state index in [0.29, 0.717) is 32.7 Å². The number of carbonyl (C=O) groups is 3. The van der Waals surface area contributed by atoms with Gasteiger partial charge in [0.25, 0.3) is 0 Å². The van der Waals surface area contributed by atoms with Gasteiger partial charge >= 0.3 is 18.1 Å². The van der Waals surface area contributed by atoms with Crippen LogP contribution in [0, 0.1) is 5.92 Å². The zero-order valence-electron chi connectivity index (χ0n) is 38.6. The van der Waals surface area contributed by atoms with Crippen LogP contribution in [0.5, 0.6) is 0 Å². The molecule has 0 rings (SSSR count). The number of hydrogen-bond donors (Lipinski definition) is 0. The number of ether oxygens (including phenoxy) is 4. The first-order valence-corrected chi connectivity index (χ1v) is 24.4. The lowest BCUT2D eigenvalue weighted by molar-refractivity contribution is -0.149. The highest BCUT2D eigenvalue weighted by molar-refractivity contribution is 5.72. The Morgan fingerprint density at radius 2 is 0.860 bits per heavy atom. The van der Waals surface area contributed by atoms with Gasteiger partial charge in [0.05, 0.1) is 12.5 Å². The van der Waals surface area contributed by atoms with Gasteiger partial charge in [-0.05, 0) is 64.5 Å². The number of rotatable bonds is 43. The predicted octanol–water partition coefficient (Wildman–Crippen LogP) is 12.9. The summed E-state index contributed by atoms with van der Waals surface area (Å²) < 4.78 is 22.8. The van der Waals surface area contributed by atoms with Crippen molar-refractivity contribution in [2.75, 3.05) is 59.1 Å². The monoisotopic (exact) mass is 811 g/mol. The van der Waals surface area contributed by atoms with Crippen LogP contribution in [0.1, 0.15) is 221 Å². The maximum atomic E-state index is 13.3. The Bertz CT molecular complexity index is 900. The standard InChI is InChI=1S/C48H94N2O7/c1-7-13-17-23-27-33-44(32-26-18-14-8-2)47(52)55-42-39-50(38-37-49(11-5)12-6)40-43-56-48(53)57-45(34-28-19-15-9-3)35-29-24-21-22-25-30-36-46(51)54-41-31-20-16-10-4/h44-45H,7-43H2,1-6H3. The molecule has 2 atom stereocenters. The predicted molar refractivity (Wildman–Crippen MR) is 238 cm³/mol. The normalized spacial score (nSPS) is 12.6. The maximum absolute atomic E-state index is 13.3. The molecular formula is C48H94N2O7. The third-order valence-electron chi connectivity index (χ3n) is 11.4. The lowest BCUT2D eigenvalue weighted by atomic mass is 9.94. The highest BCUT2D eigenvalue weighted by Gasteiger charge is 2.21. The highest BCUT2D eigenvalue weighted by atomic mass is 16.7. The summed E-state index contributed by atoms with van der Waals surface area (Å²) in [5.41, 5.74) is 0. The molecule has 2 unspecified atom stereocenters. The summed E-state index contributed by atoms with van der Waals surface area (Å²) in [4.78, 5) is 42.8. The lowest BCUT2D eigenvalue weighted by Crippen LogP contribution is -2.39. The molecule has 0 fully saturated rings. The minimum atomic E-state index is -0.576. The number of unbranched alkanes of at least 4 members (excludes halogenated alkanes) is 18. The van der Waals surface area contributed by atoms with Gasteiger partial charge in [-0.15, -0.1) is 0 Å². The molecule has 0 N–H and O–H groups in total. The zero-order chi connectivity index (χ0) is 42.0. The van der Waals surface area contributed by atoms with E-state index in [1.54, 1.807) is 0 Å². The summed E-state index contributed by atoms with van der Waals surface area (Å²) in [6.07, 6.45) is 29.4. The van der Waals surface area contributed by atoms with Crippen molar-refractivity contribution in [3.63, 3.8) is 0 Å². The van der Waals surface area contributed by atoms with Crippen molar-refractivity contribution in [1.29, 1.82) is 0 Å². The van der Waals surface area contributed by atoms with Crippen LogP contribution < -0.4 is 0 Å². The molecule has 9 nitrogen and oxygen atoms in total. The van der Waals surface area contributed by atoms with Gasteiger partial charge in [0, 0.05) is 32.6 Å². The van der Waals surface area contributed by atoms with Gasteiger partial charge in [-0.1, -0.05) is 164 Å². The SMILES string of the molecule is CCCCCCCC(CCCCCC)C(=O)OCCN(CCOC(=O)OC(CCCCCC)CCCCCCCCC(=O)OCCCCCC)CCN(CC)CC. The van der Waals surface area contributed by atoms with Gasteiger partial charge in [0.15, 0.2) is 0 Å². The summed E-state index contributed by atoms with van der Waals surface area (Å²) >= 11 is 0. The lowest BCUT2D eigenvalue weighted by Gasteiger charge is -2.26. The van der Waals surface area contributed by atoms with E-state index in [2.05, 4.69) is 51.3 Å². The second-order valence-electron chi connectivity index (χ2n) is 16.4. The van der Waals surface area contributed by atoms with E-state index < -0.39 is 6.16 Å². The molecule has 338 valence electrons. The first-order chi connectivity index (χ1) is 27.8. The maximum Gasteiger partial charge on any atom is 0.508 e. The molecular weight excluding hydrogens is 717 g/mol. The van der Waals surface area contributed by atoms with E-state index in [-0.39, 0.29) is 30.6 Å². The second kappa shape index (κ2) is 42.3. The van der Waals surface area contributed by atoms with Gasteiger partial charge in [-0.3, -0.25) is 14.5 Å². The number of nitrogens with zero attached hydrogens (tertiary/aromatic N) is 2. The van der Waals surface area contributed by atoms with Gasteiger partial charge in [0.1, 0.15) is 19.3 Å². The molecule has 0 aromatic rings. The molecule has 9 heteroatoms. The quantitative estimate of drug-likeness (QED) is 0.0339. The third-order valence-corrected chi connectivity index (χ3v) is 11.4. The number of carbonyl (C=O) groups excluding carboxylic acids is 3. The smallest absolute Gasteiger partial charge is 0.466 e. The molecule has 0 radical (unpaired) electrons. The Kier molecular flexibility index (Phi) is 40.9. The van der Waals surface area contributed by atoms with Crippen LogP contribution in [0.25, 0.3) is 0 Å². The summed E-state index contributed by atoms with van der Waals surface area (Å²) in [6, 6.07) is 0. The topological polar surface area (TPSA) is 94.6 Å². The molecule has 57 heavy (non-hydrogen) atoms. The average Bonchev–Trinajstić information content (AvgIpc) is 3.20. The van der Waals surface area contributed by atoms with E-state index in [1.807, 2.05) is 0 Å². The Balaban J connectivity index is 4.86. The van der Waals surface area contributed by atoms with Crippen molar-refractivity contribution in [1.82, 2.24) is 9.80 Å². The minimum absolute atomic E-state index is 0.00680. The van der Waals surface area contributed by atoms with Crippen molar-refractivity contribution >= 4 is 18.1 Å². The van der Waals surface area contributed by atoms with Crippen LogP contribution >= 0.6 is 0 Å². The van der Waals surface area contributed by atoms with Crippen LogP contribution in [0.3, 0.4) is 0 Å². The van der Waals surface area contributed by atoms with E-state index in [9.17, 15) is 14.4 Å². The summed E-state index contributed by atoms with van der Waals surface area (Å²) in [6.45, 7) is 19.2. The minimum Gasteiger partial charge on any atom is -0.466 e. The van der Waals surface area contributed by atoms with Gasteiger partial charge in [-0.2, -0.15) is 0 Å². The van der Waals surface area contributed by atoms with Crippen LogP contribution in [-0.4, -0.2) is 93.1 Å². The van der Waals surface area contributed by atoms with Crippen LogP contribution in [0.2, 0.25) is 0 Å². The molecule has 0 spiro atoms. The van der Waals surface area contributed by atoms with Crippen LogP contribution in [0.15, 0.2) is 0 Å². The third kappa shape index (κ3) is 35.8. The Morgan fingerprint density at radius 1 is 0.421 bits per heavy atom. The summed E-state index contributed by atoms with van der Waals surface area (Å²) in [5, 5.41) is 0. The Labute approximate surface area is 352 Å². The fourth-order valence-corrected chi connectivity index (χ4v) is 7.37. The average molecular weight is 811 g/mol. The zero-order valence-corrected chi connectivity index (χ0v) is 38.6. The van der Waals surface area contributed by atoms with Gasteiger partial charge < -0.3 is 23.8 Å². The molecule has 0 aliphatic heterocycles. The van der Waals surface area contributed by atoms with E-state index in [0.717, 1.165) is 129 Å². The van der Waals surface area contributed by atoms with Crippen molar-refractivity contribution in [2.45, 2.75) is 227 Å². The van der Waals surface area contributed by atoms with Crippen LogP contribution in [0.4, 0.5) is 4.79 Å². The molecule has 0 saturated heterocycles. The summed E-state index contributed by atoms with van der Waals surface area (Å²) in [5.74, 6) is -0.108. The molecule has 0 heterocycles. The molecule has 0 saturated carbocycles. The molecule has 0 aromatic carbocycles. The summed E-state index contributed by atoms with van der Waals surface area (Å²) in [7, 11) is 0. The van der Waals surface area contributed by atoms with Crippen molar-refractivity contribution in [3.05, 3.63) is 0 Å². The Hall–Kier alpha value is -1.87. The first-order valence-electron chi connectivity index (χ1n) is 24.4. The number of hydrogen-bond acceptors (Lipinski definition) is 9. The Morgan fingerprint density at radius 3 is 1.40 bits per heavy atom. The molecule has 0 bridgehead atoms. The number of esters is 2. The van der Waals surface area contributed by atoms with Crippen molar-refractivity contribution in [3.8, 4) is 0 Å². The largest absolute Gasteiger partial charge is 0.508 e. The molecule has 0 aliphatic carbocycles. The van der Waals surface area contributed by atoms with E-state index in [1.165, 1.54) is 70.6 Å². The van der Waals surface area contributed by atoms with E-state index in [4.69, 9.17) is 18.9 Å². The van der Waals surface area contributed by atoms with Gasteiger partial charge in [-0.25, -0.2) is 4.79 Å².